The number of hydrogen-bond acceptors (Lipinski definition) is 5. The normalized spacial score (nSPS) is 10.7. The maximum absolute atomic E-state index is 13.0. The molecule has 1 heterocycles. The van der Waals surface area contributed by atoms with Crippen LogP contribution in [0, 0.1) is 6.92 Å². The lowest BCUT2D eigenvalue weighted by atomic mass is 10.1. The topological polar surface area (TPSA) is 62.6 Å². The molecule has 0 bridgehead atoms. The van der Waals surface area contributed by atoms with E-state index in [0.29, 0.717) is 28.1 Å². The molecule has 0 atom stereocenters. The highest BCUT2D eigenvalue weighted by atomic mass is 16.5. The summed E-state index contributed by atoms with van der Waals surface area (Å²) in [7, 11) is 4.69. The Labute approximate surface area is 139 Å². The van der Waals surface area contributed by atoms with Gasteiger partial charge in [-0.2, -0.15) is 0 Å². The first-order valence-electron chi connectivity index (χ1n) is 7.38. The second-order valence-corrected chi connectivity index (χ2v) is 5.25. The van der Waals surface area contributed by atoms with E-state index in [9.17, 15) is 4.79 Å². The van der Waals surface area contributed by atoms with Gasteiger partial charge in [0.25, 0.3) is 5.56 Å². The standard InChI is InChI=1S/C18H18N2O4/c1-11-14(23-3)9-15(24-4)16-17(11)19-10-20(18(16)21)12-5-7-13(22-2)8-6-12/h5-10H,1-4H3. The third kappa shape index (κ3) is 2.46. The fourth-order valence-corrected chi connectivity index (χ4v) is 2.68. The first kappa shape index (κ1) is 15.9. The van der Waals surface area contributed by atoms with E-state index in [-0.39, 0.29) is 5.56 Å². The number of methoxy groups -OCH3 is 3. The quantitative estimate of drug-likeness (QED) is 0.738. The fourth-order valence-electron chi connectivity index (χ4n) is 2.68. The van der Waals surface area contributed by atoms with Gasteiger partial charge in [-0.15, -0.1) is 0 Å². The van der Waals surface area contributed by atoms with Gasteiger partial charge in [-0.3, -0.25) is 9.36 Å². The van der Waals surface area contributed by atoms with Crippen molar-refractivity contribution in [2.75, 3.05) is 21.3 Å². The zero-order valence-corrected chi connectivity index (χ0v) is 14.0. The van der Waals surface area contributed by atoms with Crippen LogP contribution in [0.2, 0.25) is 0 Å². The predicted octanol–water partition coefficient (Wildman–Crippen LogP) is 2.72. The molecule has 0 fully saturated rings. The largest absolute Gasteiger partial charge is 0.497 e. The van der Waals surface area contributed by atoms with Crippen LogP contribution in [0.25, 0.3) is 16.6 Å². The van der Waals surface area contributed by atoms with Crippen LogP contribution >= 0.6 is 0 Å². The molecule has 0 amide bonds. The Morgan fingerprint density at radius 3 is 2.21 bits per heavy atom. The number of benzene rings is 2. The van der Waals surface area contributed by atoms with Crippen molar-refractivity contribution in [1.29, 1.82) is 0 Å². The van der Waals surface area contributed by atoms with E-state index in [1.807, 2.05) is 6.92 Å². The second kappa shape index (κ2) is 6.23. The number of rotatable bonds is 4. The Hall–Kier alpha value is -3.02. The van der Waals surface area contributed by atoms with Gasteiger partial charge in [-0.1, -0.05) is 0 Å². The molecule has 0 radical (unpaired) electrons. The Bertz CT molecular complexity index is 946. The molecule has 0 spiro atoms. The molecule has 0 N–H and O–H groups in total. The second-order valence-electron chi connectivity index (χ2n) is 5.25. The first-order valence-corrected chi connectivity index (χ1v) is 7.38. The lowest BCUT2D eigenvalue weighted by Gasteiger charge is -2.13. The maximum Gasteiger partial charge on any atom is 0.269 e. The van der Waals surface area contributed by atoms with Crippen LogP contribution in [0.3, 0.4) is 0 Å². The average Bonchev–Trinajstić information content (AvgIpc) is 2.63. The van der Waals surface area contributed by atoms with Gasteiger partial charge in [0.1, 0.15) is 29.0 Å². The van der Waals surface area contributed by atoms with E-state index in [2.05, 4.69) is 4.98 Å². The van der Waals surface area contributed by atoms with Gasteiger partial charge in [0.05, 0.1) is 32.5 Å². The maximum atomic E-state index is 13.0. The molecule has 2 aromatic carbocycles. The van der Waals surface area contributed by atoms with Gasteiger partial charge in [0, 0.05) is 11.6 Å². The van der Waals surface area contributed by atoms with Crippen LogP contribution in [0.5, 0.6) is 17.2 Å². The van der Waals surface area contributed by atoms with E-state index in [1.54, 1.807) is 44.6 Å². The monoisotopic (exact) mass is 326 g/mol. The number of fused-ring (bicyclic) bond motifs is 1. The van der Waals surface area contributed by atoms with E-state index < -0.39 is 0 Å². The minimum absolute atomic E-state index is 0.201. The van der Waals surface area contributed by atoms with Gasteiger partial charge in [0.15, 0.2) is 0 Å². The van der Waals surface area contributed by atoms with Crippen molar-refractivity contribution in [3.8, 4) is 22.9 Å². The Balaban J connectivity index is 2.29. The van der Waals surface area contributed by atoms with Gasteiger partial charge in [0.2, 0.25) is 0 Å². The van der Waals surface area contributed by atoms with Gasteiger partial charge < -0.3 is 14.2 Å². The summed E-state index contributed by atoms with van der Waals surface area (Å²) in [4.78, 5) is 17.4. The van der Waals surface area contributed by atoms with Crippen molar-refractivity contribution in [3.63, 3.8) is 0 Å². The average molecular weight is 326 g/mol. The summed E-state index contributed by atoms with van der Waals surface area (Å²) >= 11 is 0. The smallest absolute Gasteiger partial charge is 0.269 e. The molecular formula is C18H18N2O4. The summed E-state index contributed by atoms with van der Waals surface area (Å²) in [6.45, 7) is 1.87. The molecule has 0 saturated carbocycles. The Morgan fingerprint density at radius 1 is 0.958 bits per heavy atom. The molecule has 0 saturated heterocycles. The summed E-state index contributed by atoms with van der Waals surface area (Å²) in [5.74, 6) is 1.79. The van der Waals surface area contributed by atoms with Crippen molar-refractivity contribution < 1.29 is 14.2 Å². The Kier molecular flexibility index (Phi) is 4.12. The number of ether oxygens (including phenoxy) is 3. The van der Waals surface area contributed by atoms with E-state index >= 15 is 0 Å². The molecule has 3 aromatic rings. The highest BCUT2D eigenvalue weighted by molar-refractivity contribution is 5.89. The predicted molar refractivity (Wildman–Crippen MR) is 91.7 cm³/mol. The van der Waals surface area contributed by atoms with Crippen molar-refractivity contribution in [1.82, 2.24) is 9.55 Å². The summed E-state index contributed by atoms with van der Waals surface area (Å²) < 4.78 is 17.3. The number of aromatic nitrogens is 2. The van der Waals surface area contributed by atoms with E-state index in [0.717, 1.165) is 11.3 Å². The molecule has 24 heavy (non-hydrogen) atoms. The lowest BCUT2D eigenvalue weighted by Crippen LogP contribution is -2.20. The molecular weight excluding hydrogens is 308 g/mol. The Morgan fingerprint density at radius 2 is 1.62 bits per heavy atom. The zero-order valence-electron chi connectivity index (χ0n) is 14.0. The SMILES string of the molecule is COc1ccc(-n2cnc3c(C)c(OC)cc(OC)c3c2=O)cc1. The molecule has 0 unspecified atom stereocenters. The zero-order chi connectivity index (χ0) is 17.3. The molecule has 3 rings (SSSR count). The van der Waals surface area contributed by atoms with Crippen molar-refractivity contribution in [3.05, 3.63) is 52.6 Å². The van der Waals surface area contributed by atoms with Crippen molar-refractivity contribution in [2.45, 2.75) is 6.92 Å². The molecule has 1 aromatic heterocycles. The van der Waals surface area contributed by atoms with E-state index in [1.165, 1.54) is 18.0 Å². The number of aryl methyl sites for hydroxylation is 1. The van der Waals surface area contributed by atoms with Crippen LogP contribution in [-0.4, -0.2) is 30.9 Å². The first-order chi connectivity index (χ1) is 11.6. The molecule has 0 aliphatic heterocycles. The highest BCUT2D eigenvalue weighted by Crippen LogP contribution is 2.32. The molecule has 124 valence electrons. The third-order valence-electron chi connectivity index (χ3n) is 4.00. The fraction of sp³-hybridized carbons (Fsp3) is 0.222. The van der Waals surface area contributed by atoms with Gasteiger partial charge >= 0.3 is 0 Å². The highest BCUT2D eigenvalue weighted by Gasteiger charge is 2.16. The van der Waals surface area contributed by atoms with Crippen LogP contribution < -0.4 is 19.8 Å². The van der Waals surface area contributed by atoms with E-state index in [4.69, 9.17) is 14.2 Å². The summed E-state index contributed by atoms with van der Waals surface area (Å²) in [5, 5.41) is 0.425. The van der Waals surface area contributed by atoms with Crippen molar-refractivity contribution >= 4 is 10.9 Å². The van der Waals surface area contributed by atoms with Crippen LogP contribution in [0.15, 0.2) is 41.5 Å². The molecule has 0 aliphatic carbocycles. The van der Waals surface area contributed by atoms with Crippen LogP contribution in [-0.2, 0) is 0 Å². The third-order valence-corrected chi connectivity index (χ3v) is 4.00. The molecule has 6 heteroatoms. The molecule has 0 aliphatic rings. The summed E-state index contributed by atoms with van der Waals surface area (Å²) in [6, 6.07) is 8.90. The van der Waals surface area contributed by atoms with Crippen LogP contribution in [0.4, 0.5) is 0 Å². The number of nitrogens with zero attached hydrogens (tertiary/aromatic N) is 2. The van der Waals surface area contributed by atoms with Gasteiger partial charge in [-0.25, -0.2) is 4.98 Å². The van der Waals surface area contributed by atoms with Gasteiger partial charge in [-0.05, 0) is 31.2 Å². The minimum atomic E-state index is -0.201. The minimum Gasteiger partial charge on any atom is -0.497 e. The van der Waals surface area contributed by atoms with Crippen LogP contribution in [0.1, 0.15) is 5.56 Å². The molecule has 6 nitrogen and oxygen atoms in total. The number of hydrogen-bond donors (Lipinski definition) is 0. The summed E-state index contributed by atoms with van der Waals surface area (Å²) in [5.41, 5.74) is 1.87. The summed E-state index contributed by atoms with van der Waals surface area (Å²) in [6.07, 6.45) is 1.51. The lowest BCUT2D eigenvalue weighted by molar-refractivity contribution is 0.395. The van der Waals surface area contributed by atoms with Crippen molar-refractivity contribution in [2.24, 2.45) is 0 Å².